The number of anilines is 1. The van der Waals surface area contributed by atoms with Crippen LogP contribution in [0.25, 0.3) is 22.4 Å². The van der Waals surface area contributed by atoms with Gasteiger partial charge in [-0.3, -0.25) is 4.79 Å². The number of hydrogen-bond donors (Lipinski definition) is 1. The monoisotopic (exact) mass is 386 g/mol. The van der Waals surface area contributed by atoms with Crippen molar-refractivity contribution in [3.05, 3.63) is 88.8 Å². The largest absolute Gasteiger partial charge is 0.497 e. The quantitative estimate of drug-likeness (QED) is 0.560. The van der Waals surface area contributed by atoms with Gasteiger partial charge in [-0.15, -0.1) is 0 Å². The van der Waals surface area contributed by atoms with E-state index in [1.165, 1.54) is 0 Å². The number of hydrogen-bond acceptors (Lipinski definition) is 5. The molecule has 0 fully saturated rings. The standard InChI is InChI=1S/C23H18N2O4/c1-28-18-12-6-15(7-13-18)14-21(26)24-17-10-8-16(9-11-17)22-25-20-5-3-2-4-19(20)23(27)29-22/h2-13H,14H2,1H3,(H,24,26). The number of benzene rings is 3. The summed E-state index contributed by atoms with van der Waals surface area (Å²) in [5.41, 5.74) is 2.34. The number of methoxy groups -OCH3 is 1. The zero-order valence-corrected chi connectivity index (χ0v) is 15.7. The van der Waals surface area contributed by atoms with E-state index >= 15 is 0 Å². The Bertz CT molecular complexity index is 1210. The summed E-state index contributed by atoms with van der Waals surface area (Å²) in [4.78, 5) is 28.8. The van der Waals surface area contributed by atoms with Crippen LogP contribution in [0.5, 0.6) is 5.75 Å². The molecule has 144 valence electrons. The number of aromatic nitrogens is 1. The third-order valence-electron chi connectivity index (χ3n) is 4.47. The molecule has 1 amide bonds. The number of carbonyl (C=O) groups excluding carboxylic acids is 1. The number of amides is 1. The molecular formula is C23H18N2O4. The first-order valence-electron chi connectivity index (χ1n) is 9.05. The van der Waals surface area contributed by atoms with Gasteiger partial charge in [0.25, 0.3) is 0 Å². The number of para-hydroxylation sites is 1. The van der Waals surface area contributed by atoms with Crippen molar-refractivity contribution in [1.82, 2.24) is 4.98 Å². The summed E-state index contributed by atoms with van der Waals surface area (Å²) in [7, 11) is 1.60. The molecule has 1 N–H and O–H groups in total. The normalized spacial score (nSPS) is 10.7. The van der Waals surface area contributed by atoms with Crippen LogP contribution in [0.15, 0.2) is 82.0 Å². The van der Waals surface area contributed by atoms with Crippen molar-refractivity contribution < 1.29 is 13.9 Å². The first-order valence-corrected chi connectivity index (χ1v) is 9.05. The Morgan fingerprint density at radius 1 is 1.00 bits per heavy atom. The number of fused-ring (bicyclic) bond motifs is 1. The topological polar surface area (TPSA) is 81.4 Å². The zero-order chi connectivity index (χ0) is 20.2. The molecule has 3 aromatic carbocycles. The van der Waals surface area contributed by atoms with Gasteiger partial charge in [-0.25, -0.2) is 9.78 Å². The van der Waals surface area contributed by atoms with E-state index in [1.54, 1.807) is 49.6 Å². The van der Waals surface area contributed by atoms with E-state index in [9.17, 15) is 9.59 Å². The highest BCUT2D eigenvalue weighted by Crippen LogP contribution is 2.21. The van der Waals surface area contributed by atoms with E-state index in [-0.39, 0.29) is 18.2 Å². The Morgan fingerprint density at radius 3 is 2.45 bits per heavy atom. The van der Waals surface area contributed by atoms with Crippen molar-refractivity contribution in [2.45, 2.75) is 6.42 Å². The first-order chi connectivity index (χ1) is 14.1. The van der Waals surface area contributed by atoms with Gasteiger partial charge < -0.3 is 14.5 Å². The van der Waals surface area contributed by atoms with E-state index in [1.807, 2.05) is 30.3 Å². The third-order valence-corrected chi connectivity index (χ3v) is 4.47. The molecule has 1 heterocycles. The Labute approximate surface area is 166 Å². The maximum Gasteiger partial charge on any atom is 0.347 e. The second-order valence-corrected chi connectivity index (χ2v) is 6.47. The SMILES string of the molecule is COc1ccc(CC(=O)Nc2ccc(-c3nc4ccccc4c(=O)o3)cc2)cc1. The van der Waals surface area contributed by atoms with Crippen LogP contribution in [0, 0.1) is 0 Å². The summed E-state index contributed by atoms with van der Waals surface area (Å²) in [5.74, 6) is 0.863. The molecule has 0 bridgehead atoms. The molecule has 0 saturated heterocycles. The van der Waals surface area contributed by atoms with Crippen LogP contribution in [-0.2, 0) is 11.2 Å². The van der Waals surface area contributed by atoms with Gasteiger partial charge in [-0.05, 0) is 54.1 Å². The summed E-state index contributed by atoms with van der Waals surface area (Å²) >= 11 is 0. The van der Waals surface area contributed by atoms with E-state index in [0.717, 1.165) is 11.3 Å². The minimum Gasteiger partial charge on any atom is -0.497 e. The van der Waals surface area contributed by atoms with Crippen molar-refractivity contribution in [2.75, 3.05) is 12.4 Å². The van der Waals surface area contributed by atoms with Gasteiger partial charge in [0.2, 0.25) is 11.8 Å². The van der Waals surface area contributed by atoms with Crippen LogP contribution in [-0.4, -0.2) is 18.0 Å². The first kappa shape index (κ1) is 18.4. The second-order valence-electron chi connectivity index (χ2n) is 6.47. The number of rotatable bonds is 5. The summed E-state index contributed by atoms with van der Waals surface area (Å²) in [5, 5.41) is 3.30. The van der Waals surface area contributed by atoms with Gasteiger partial charge in [-0.2, -0.15) is 0 Å². The van der Waals surface area contributed by atoms with Crippen molar-refractivity contribution in [3.63, 3.8) is 0 Å². The molecule has 0 atom stereocenters. The maximum absolute atomic E-state index is 12.3. The van der Waals surface area contributed by atoms with Gasteiger partial charge in [0, 0.05) is 11.3 Å². The molecule has 4 rings (SSSR count). The number of carbonyl (C=O) groups is 1. The molecule has 0 aliphatic carbocycles. The van der Waals surface area contributed by atoms with E-state index in [4.69, 9.17) is 9.15 Å². The smallest absolute Gasteiger partial charge is 0.347 e. The van der Waals surface area contributed by atoms with Crippen molar-refractivity contribution in [3.8, 4) is 17.2 Å². The fourth-order valence-corrected chi connectivity index (χ4v) is 2.97. The molecule has 0 radical (unpaired) electrons. The van der Waals surface area contributed by atoms with Crippen LogP contribution in [0.2, 0.25) is 0 Å². The van der Waals surface area contributed by atoms with Crippen LogP contribution in [0.4, 0.5) is 5.69 Å². The number of ether oxygens (including phenoxy) is 1. The molecule has 4 aromatic rings. The molecule has 1 aromatic heterocycles. The lowest BCUT2D eigenvalue weighted by molar-refractivity contribution is -0.115. The summed E-state index contributed by atoms with van der Waals surface area (Å²) in [6.07, 6.45) is 0.257. The van der Waals surface area contributed by atoms with Gasteiger partial charge in [0.1, 0.15) is 5.75 Å². The van der Waals surface area contributed by atoms with Gasteiger partial charge in [0.05, 0.1) is 24.4 Å². The van der Waals surface area contributed by atoms with Gasteiger partial charge in [0.15, 0.2) is 0 Å². The summed E-state index contributed by atoms with van der Waals surface area (Å²) in [6, 6.07) is 21.4. The average molecular weight is 386 g/mol. The van der Waals surface area contributed by atoms with Crippen LogP contribution in [0.3, 0.4) is 0 Å². The second kappa shape index (κ2) is 7.98. The van der Waals surface area contributed by atoms with Crippen molar-refractivity contribution in [2.24, 2.45) is 0 Å². The van der Waals surface area contributed by atoms with E-state index in [0.29, 0.717) is 22.2 Å². The molecule has 6 nitrogen and oxygen atoms in total. The average Bonchev–Trinajstić information content (AvgIpc) is 2.75. The van der Waals surface area contributed by atoms with Gasteiger partial charge in [-0.1, -0.05) is 24.3 Å². The highest BCUT2D eigenvalue weighted by molar-refractivity contribution is 5.92. The van der Waals surface area contributed by atoms with Crippen molar-refractivity contribution >= 4 is 22.5 Å². The highest BCUT2D eigenvalue weighted by Gasteiger charge is 2.09. The molecule has 0 saturated carbocycles. The van der Waals surface area contributed by atoms with E-state index in [2.05, 4.69) is 10.3 Å². The molecule has 6 heteroatoms. The van der Waals surface area contributed by atoms with Crippen LogP contribution in [0.1, 0.15) is 5.56 Å². The predicted molar refractivity (Wildman–Crippen MR) is 111 cm³/mol. The Hall–Kier alpha value is -3.93. The fraction of sp³-hybridized carbons (Fsp3) is 0.0870. The minimum absolute atomic E-state index is 0.127. The molecule has 0 aliphatic rings. The Balaban J connectivity index is 1.47. The number of nitrogens with one attached hydrogen (secondary N) is 1. The fourth-order valence-electron chi connectivity index (χ4n) is 2.97. The lowest BCUT2D eigenvalue weighted by atomic mass is 10.1. The summed E-state index contributed by atoms with van der Waals surface area (Å²) in [6.45, 7) is 0. The Kier molecular flexibility index (Phi) is 5.07. The highest BCUT2D eigenvalue weighted by atomic mass is 16.5. The minimum atomic E-state index is -0.428. The number of nitrogens with zero attached hydrogens (tertiary/aromatic N) is 1. The lowest BCUT2D eigenvalue weighted by Gasteiger charge is -2.07. The van der Waals surface area contributed by atoms with Crippen LogP contribution >= 0.6 is 0 Å². The third kappa shape index (κ3) is 4.16. The molecule has 29 heavy (non-hydrogen) atoms. The van der Waals surface area contributed by atoms with Gasteiger partial charge >= 0.3 is 5.63 Å². The summed E-state index contributed by atoms with van der Waals surface area (Å²) < 4.78 is 10.4. The van der Waals surface area contributed by atoms with Crippen molar-refractivity contribution in [1.29, 1.82) is 0 Å². The molecule has 0 aliphatic heterocycles. The maximum atomic E-state index is 12.3. The molecule has 0 unspecified atom stereocenters. The lowest BCUT2D eigenvalue weighted by Crippen LogP contribution is -2.14. The zero-order valence-electron chi connectivity index (χ0n) is 15.7. The van der Waals surface area contributed by atoms with Crippen LogP contribution < -0.4 is 15.7 Å². The van der Waals surface area contributed by atoms with E-state index < -0.39 is 5.63 Å². The molecule has 0 spiro atoms. The predicted octanol–water partition coefficient (Wildman–Crippen LogP) is 4.04. The molecular weight excluding hydrogens is 368 g/mol. The Morgan fingerprint density at radius 2 is 1.72 bits per heavy atom.